The van der Waals surface area contributed by atoms with Crippen molar-refractivity contribution in [2.45, 2.75) is 37.8 Å². The fourth-order valence-electron chi connectivity index (χ4n) is 5.52. The molecule has 1 aromatic heterocycles. The van der Waals surface area contributed by atoms with Crippen LogP contribution >= 0.6 is 0 Å². The average molecular weight is 570 g/mol. The Hall–Kier alpha value is -3.86. The van der Waals surface area contributed by atoms with Crippen LogP contribution in [0.15, 0.2) is 60.8 Å². The SMILES string of the molecule is C[C@@H](NC(=O)[C@@H](NC(=O)OCC1c2ccccc2-c2ccccc21)C1CCS(=O)(=O)CC1)c1ncc(F)cc1F. The lowest BCUT2D eigenvalue weighted by Gasteiger charge is -2.30. The Morgan fingerprint density at radius 3 is 2.20 bits per heavy atom. The van der Waals surface area contributed by atoms with Gasteiger partial charge in [-0.25, -0.2) is 22.0 Å². The highest BCUT2D eigenvalue weighted by molar-refractivity contribution is 7.91. The van der Waals surface area contributed by atoms with Gasteiger partial charge in [0.25, 0.3) is 0 Å². The van der Waals surface area contributed by atoms with Gasteiger partial charge in [-0.1, -0.05) is 48.5 Å². The van der Waals surface area contributed by atoms with E-state index < -0.39 is 51.5 Å². The van der Waals surface area contributed by atoms with E-state index >= 15 is 0 Å². The summed E-state index contributed by atoms with van der Waals surface area (Å²) >= 11 is 0. The number of carbonyl (C=O) groups is 2. The summed E-state index contributed by atoms with van der Waals surface area (Å²) in [5.41, 5.74) is 4.05. The zero-order valence-corrected chi connectivity index (χ0v) is 22.6. The minimum atomic E-state index is -3.23. The lowest BCUT2D eigenvalue weighted by Crippen LogP contribution is -2.53. The van der Waals surface area contributed by atoms with Crippen molar-refractivity contribution in [3.05, 3.63) is 89.2 Å². The lowest BCUT2D eigenvalue weighted by molar-refractivity contribution is -0.125. The highest BCUT2D eigenvalue weighted by Gasteiger charge is 2.36. The number of carbonyl (C=O) groups excluding carboxylic acids is 2. The van der Waals surface area contributed by atoms with Crippen molar-refractivity contribution in [3.63, 3.8) is 0 Å². The van der Waals surface area contributed by atoms with E-state index in [9.17, 15) is 26.8 Å². The molecule has 3 aromatic rings. The van der Waals surface area contributed by atoms with E-state index in [1.54, 1.807) is 0 Å². The van der Waals surface area contributed by atoms with Gasteiger partial charge >= 0.3 is 6.09 Å². The molecule has 1 aliphatic heterocycles. The molecule has 2 amide bonds. The standard InChI is InChI=1S/C29H29F2N3O5S/c1-17(26-25(31)14-19(30)15-32-26)33-28(35)27(18-10-12-40(37,38)13-11-18)34-29(36)39-16-24-22-8-4-2-6-20(22)21-7-3-5-9-23(21)24/h2-9,14-15,17-18,24,27H,10-13,16H2,1H3,(H,33,35)(H,34,36)/t17-,27+/m1/s1. The van der Waals surface area contributed by atoms with Crippen LogP contribution < -0.4 is 10.6 Å². The first-order chi connectivity index (χ1) is 19.1. The van der Waals surface area contributed by atoms with Crippen molar-refractivity contribution < 1.29 is 31.5 Å². The molecule has 1 aliphatic carbocycles. The van der Waals surface area contributed by atoms with E-state index in [0.717, 1.165) is 28.5 Å². The first-order valence-electron chi connectivity index (χ1n) is 13.1. The van der Waals surface area contributed by atoms with Gasteiger partial charge in [0.1, 0.15) is 34.1 Å². The van der Waals surface area contributed by atoms with Crippen molar-refractivity contribution in [1.29, 1.82) is 0 Å². The Balaban J connectivity index is 1.30. The minimum absolute atomic E-state index is 0.0361. The zero-order chi connectivity index (χ0) is 28.4. The molecule has 0 unspecified atom stereocenters. The van der Waals surface area contributed by atoms with Gasteiger partial charge < -0.3 is 15.4 Å². The maximum atomic E-state index is 14.3. The lowest BCUT2D eigenvalue weighted by atomic mass is 9.92. The van der Waals surface area contributed by atoms with Gasteiger partial charge in [-0.3, -0.25) is 9.78 Å². The number of nitrogens with zero attached hydrogens (tertiary/aromatic N) is 1. The smallest absolute Gasteiger partial charge is 0.407 e. The number of aromatic nitrogens is 1. The number of rotatable bonds is 7. The number of pyridine rings is 1. The average Bonchev–Trinajstić information content (AvgIpc) is 3.24. The van der Waals surface area contributed by atoms with Crippen molar-refractivity contribution >= 4 is 21.8 Å². The maximum absolute atomic E-state index is 14.3. The Bertz CT molecular complexity index is 1490. The summed E-state index contributed by atoms with van der Waals surface area (Å²) in [6, 6.07) is 14.4. The molecule has 11 heteroatoms. The van der Waals surface area contributed by atoms with Gasteiger partial charge in [0, 0.05) is 12.0 Å². The van der Waals surface area contributed by atoms with Crippen LogP contribution in [0, 0.1) is 17.6 Å². The predicted molar refractivity (Wildman–Crippen MR) is 144 cm³/mol. The van der Waals surface area contributed by atoms with Crippen LogP contribution in [0.2, 0.25) is 0 Å². The quantitative estimate of drug-likeness (QED) is 0.439. The summed E-state index contributed by atoms with van der Waals surface area (Å²) in [4.78, 5) is 30.1. The Kier molecular flexibility index (Phi) is 7.84. The molecule has 1 saturated heterocycles. The third-order valence-corrected chi connectivity index (χ3v) is 9.29. The van der Waals surface area contributed by atoms with Gasteiger partial charge in [-0.2, -0.15) is 0 Å². The summed E-state index contributed by atoms with van der Waals surface area (Å²) in [7, 11) is -3.23. The number of fused-ring (bicyclic) bond motifs is 3. The molecule has 2 aromatic carbocycles. The molecule has 0 saturated carbocycles. The fraction of sp³-hybridized carbons (Fsp3) is 0.345. The van der Waals surface area contributed by atoms with E-state index in [1.807, 2.05) is 48.5 Å². The Labute approximate surface area is 231 Å². The molecule has 0 spiro atoms. The van der Waals surface area contributed by atoms with Crippen LogP contribution in [0.5, 0.6) is 0 Å². The van der Waals surface area contributed by atoms with Gasteiger partial charge in [0.05, 0.1) is 29.4 Å². The van der Waals surface area contributed by atoms with Crippen molar-refractivity contribution in [3.8, 4) is 11.1 Å². The second-order valence-corrected chi connectivity index (χ2v) is 12.5. The van der Waals surface area contributed by atoms with E-state index in [-0.39, 0.29) is 42.6 Å². The molecule has 0 radical (unpaired) electrons. The molecule has 2 aliphatic rings. The van der Waals surface area contributed by atoms with Crippen LogP contribution in [0.3, 0.4) is 0 Å². The normalized spacial score (nSPS) is 17.8. The van der Waals surface area contributed by atoms with E-state index in [1.165, 1.54) is 6.92 Å². The van der Waals surface area contributed by atoms with Crippen LogP contribution in [-0.4, -0.2) is 49.6 Å². The number of alkyl carbamates (subject to hydrolysis) is 1. The maximum Gasteiger partial charge on any atom is 0.407 e. The van der Waals surface area contributed by atoms with E-state index in [0.29, 0.717) is 6.07 Å². The molecular formula is C29H29F2N3O5S. The summed E-state index contributed by atoms with van der Waals surface area (Å²) in [6.45, 7) is 1.52. The number of halogens is 2. The van der Waals surface area contributed by atoms with Crippen LogP contribution in [-0.2, 0) is 19.4 Å². The molecule has 2 atom stereocenters. The summed E-state index contributed by atoms with van der Waals surface area (Å²) in [6.07, 6.45) is 0.358. The second-order valence-electron chi connectivity index (χ2n) is 10.2. The van der Waals surface area contributed by atoms with Gasteiger partial charge in [0.2, 0.25) is 5.91 Å². The molecule has 5 rings (SSSR count). The number of hydrogen-bond donors (Lipinski definition) is 2. The number of ether oxygens (including phenoxy) is 1. The van der Waals surface area contributed by atoms with E-state index in [2.05, 4.69) is 15.6 Å². The molecule has 210 valence electrons. The molecule has 1 fully saturated rings. The Morgan fingerprint density at radius 1 is 1.00 bits per heavy atom. The van der Waals surface area contributed by atoms with Gasteiger partial charge in [-0.05, 0) is 47.9 Å². The molecule has 2 N–H and O–H groups in total. The fourth-order valence-corrected chi connectivity index (χ4v) is 7.05. The van der Waals surface area contributed by atoms with Crippen LogP contribution in [0.25, 0.3) is 11.1 Å². The monoisotopic (exact) mass is 569 g/mol. The van der Waals surface area contributed by atoms with Gasteiger partial charge in [0.15, 0.2) is 0 Å². The largest absolute Gasteiger partial charge is 0.449 e. The van der Waals surface area contributed by atoms with Crippen molar-refractivity contribution in [1.82, 2.24) is 15.6 Å². The van der Waals surface area contributed by atoms with Gasteiger partial charge in [-0.15, -0.1) is 0 Å². The Morgan fingerprint density at radius 2 is 1.60 bits per heavy atom. The zero-order valence-electron chi connectivity index (χ0n) is 21.8. The van der Waals surface area contributed by atoms with Crippen LogP contribution in [0.1, 0.15) is 48.5 Å². The molecule has 8 nitrogen and oxygen atoms in total. The third-order valence-electron chi connectivity index (χ3n) is 7.58. The number of hydrogen-bond acceptors (Lipinski definition) is 6. The molecular weight excluding hydrogens is 540 g/mol. The van der Waals surface area contributed by atoms with Crippen molar-refractivity contribution in [2.24, 2.45) is 5.92 Å². The number of benzene rings is 2. The summed E-state index contributed by atoms with van der Waals surface area (Å²) in [5.74, 6) is -3.30. The molecule has 0 bridgehead atoms. The third kappa shape index (κ3) is 5.84. The second kappa shape index (κ2) is 11.3. The van der Waals surface area contributed by atoms with Crippen LogP contribution in [0.4, 0.5) is 13.6 Å². The minimum Gasteiger partial charge on any atom is -0.449 e. The highest BCUT2D eigenvalue weighted by atomic mass is 32.2. The van der Waals surface area contributed by atoms with E-state index in [4.69, 9.17) is 4.74 Å². The summed E-state index contributed by atoms with van der Waals surface area (Å²) < 4.78 is 57.2. The molecule has 2 heterocycles. The molecule has 40 heavy (non-hydrogen) atoms. The number of amides is 2. The number of sulfone groups is 1. The predicted octanol–water partition coefficient (Wildman–Crippen LogP) is 4.27. The summed E-state index contributed by atoms with van der Waals surface area (Å²) in [5, 5.41) is 5.24. The highest BCUT2D eigenvalue weighted by Crippen LogP contribution is 2.44. The topological polar surface area (TPSA) is 114 Å². The van der Waals surface area contributed by atoms with Crippen molar-refractivity contribution in [2.75, 3.05) is 18.1 Å². The first kappa shape index (κ1) is 27.7. The number of nitrogens with one attached hydrogen (secondary N) is 2. The first-order valence-corrected chi connectivity index (χ1v) is 14.9.